The maximum absolute atomic E-state index is 13.0. The molecule has 0 spiro atoms. The molecule has 0 radical (unpaired) electrons. The van der Waals surface area contributed by atoms with Gasteiger partial charge in [-0.1, -0.05) is 17.7 Å². The number of hydrogen-bond acceptors (Lipinski definition) is 3. The number of halogens is 2. The van der Waals surface area contributed by atoms with Crippen LogP contribution in [0.1, 0.15) is 18.4 Å². The van der Waals surface area contributed by atoms with Gasteiger partial charge in [0.1, 0.15) is 5.82 Å². The number of hydrazine groups is 1. The Kier molecular flexibility index (Phi) is 4.95. The minimum atomic E-state index is -0.315. The van der Waals surface area contributed by atoms with E-state index >= 15 is 0 Å². The van der Waals surface area contributed by atoms with E-state index in [0.29, 0.717) is 17.4 Å². The molecule has 1 saturated heterocycles. The van der Waals surface area contributed by atoms with Crippen LogP contribution >= 0.6 is 11.6 Å². The molecule has 0 saturated carbocycles. The molecule has 1 aliphatic heterocycles. The Morgan fingerprint density at radius 3 is 3.00 bits per heavy atom. The minimum absolute atomic E-state index is 0.139. The highest BCUT2D eigenvalue weighted by atomic mass is 35.5. The summed E-state index contributed by atoms with van der Waals surface area (Å²) < 4.78 is 18.3. The van der Waals surface area contributed by atoms with Gasteiger partial charge in [-0.05, 0) is 42.9 Å². The molecule has 1 aromatic carbocycles. The summed E-state index contributed by atoms with van der Waals surface area (Å²) in [6.07, 6.45) is 2.73. The maximum atomic E-state index is 13.0. The van der Waals surface area contributed by atoms with Gasteiger partial charge < -0.3 is 4.74 Å². The predicted molar refractivity (Wildman–Crippen MR) is 69.8 cm³/mol. The van der Waals surface area contributed by atoms with E-state index in [-0.39, 0.29) is 11.9 Å². The summed E-state index contributed by atoms with van der Waals surface area (Å²) in [5.41, 5.74) is 3.73. The van der Waals surface area contributed by atoms with E-state index in [4.69, 9.17) is 22.2 Å². The smallest absolute Gasteiger partial charge is 0.124 e. The lowest BCUT2D eigenvalue weighted by molar-refractivity contribution is 0.181. The average Bonchev–Trinajstić information content (AvgIpc) is 2.84. The Hall–Kier alpha value is -0.680. The third-order valence-corrected chi connectivity index (χ3v) is 3.71. The summed E-state index contributed by atoms with van der Waals surface area (Å²) in [5, 5.41) is 0.456. The summed E-state index contributed by atoms with van der Waals surface area (Å²) in [6, 6.07) is 4.61. The Labute approximate surface area is 111 Å². The van der Waals surface area contributed by atoms with Crippen molar-refractivity contribution in [2.24, 2.45) is 11.8 Å². The third kappa shape index (κ3) is 3.65. The molecule has 0 aliphatic carbocycles. The first-order valence-electron chi connectivity index (χ1n) is 6.17. The highest BCUT2D eigenvalue weighted by molar-refractivity contribution is 6.31. The van der Waals surface area contributed by atoms with Gasteiger partial charge in [0.25, 0.3) is 0 Å². The van der Waals surface area contributed by atoms with E-state index in [1.54, 1.807) is 6.07 Å². The predicted octanol–water partition coefficient (Wildman–Crippen LogP) is 2.28. The second-order valence-electron chi connectivity index (χ2n) is 4.77. The molecule has 0 bridgehead atoms. The third-order valence-electron chi connectivity index (χ3n) is 3.36. The quantitative estimate of drug-likeness (QED) is 0.639. The molecule has 0 aromatic heterocycles. The molecule has 2 unspecified atom stereocenters. The van der Waals surface area contributed by atoms with Crippen molar-refractivity contribution in [2.75, 3.05) is 13.2 Å². The van der Waals surface area contributed by atoms with E-state index in [1.165, 1.54) is 12.1 Å². The zero-order chi connectivity index (χ0) is 13.0. The van der Waals surface area contributed by atoms with Gasteiger partial charge in [-0.15, -0.1) is 0 Å². The summed E-state index contributed by atoms with van der Waals surface area (Å²) >= 11 is 6.01. The number of rotatable bonds is 5. The fourth-order valence-electron chi connectivity index (χ4n) is 2.33. The van der Waals surface area contributed by atoms with Gasteiger partial charge in [0.2, 0.25) is 0 Å². The molecule has 3 nitrogen and oxygen atoms in total. The van der Waals surface area contributed by atoms with Gasteiger partial charge >= 0.3 is 0 Å². The van der Waals surface area contributed by atoms with Crippen LogP contribution in [0.3, 0.4) is 0 Å². The summed E-state index contributed by atoms with van der Waals surface area (Å²) in [5.74, 6) is 5.80. The topological polar surface area (TPSA) is 47.3 Å². The lowest BCUT2D eigenvalue weighted by Gasteiger charge is -2.19. The van der Waals surface area contributed by atoms with Crippen molar-refractivity contribution in [3.8, 4) is 0 Å². The molecule has 1 heterocycles. The van der Waals surface area contributed by atoms with Crippen LogP contribution in [0.15, 0.2) is 18.2 Å². The maximum Gasteiger partial charge on any atom is 0.124 e. The van der Waals surface area contributed by atoms with Crippen LogP contribution in [-0.2, 0) is 11.2 Å². The zero-order valence-corrected chi connectivity index (χ0v) is 10.9. The van der Waals surface area contributed by atoms with E-state index in [9.17, 15) is 4.39 Å². The second kappa shape index (κ2) is 6.48. The molecule has 5 heteroatoms. The number of ether oxygens (including phenoxy) is 1. The molecular formula is C13H18ClFN2O. The van der Waals surface area contributed by atoms with Gasteiger partial charge in [0.05, 0.1) is 0 Å². The van der Waals surface area contributed by atoms with Crippen LogP contribution in [0.5, 0.6) is 0 Å². The van der Waals surface area contributed by atoms with Gasteiger partial charge in [-0.2, -0.15) is 0 Å². The summed E-state index contributed by atoms with van der Waals surface area (Å²) in [4.78, 5) is 0. The molecule has 100 valence electrons. The number of nitrogens with two attached hydrogens (primary N) is 1. The molecule has 18 heavy (non-hydrogen) atoms. The molecule has 2 atom stereocenters. The van der Waals surface area contributed by atoms with E-state index in [2.05, 4.69) is 5.43 Å². The highest BCUT2D eigenvalue weighted by Gasteiger charge is 2.21. The number of benzene rings is 1. The molecule has 2 rings (SSSR count). The molecule has 1 aliphatic rings. The van der Waals surface area contributed by atoms with Crippen molar-refractivity contribution in [1.29, 1.82) is 0 Å². The van der Waals surface area contributed by atoms with Crippen LogP contribution in [-0.4, -0.2) is 19.3 Å². The first-order valence-corrected chi connectivity index (χ1v) is 6.54. The Morgan fingerprint density at radius 2 is 2.39 bits per heavy atom. The minimum Gasteiger partial charge on any atom is -0.381 e. The van der Waals surface area contributed by atoms with Crippen molar-refractivity contribution in [2.45, 2.75) is 25.3 Å². The largest absolute Gasteiger partial charge is 0.381 e. The van der Waals surface area contributed by atoms with Crippen LogP contribution in [0.2, 0.25) is 5.02 Å². The van der Waals surface area contributed by atoms with Gasteiger partial charge in [-0.25, -0.2) is 4.39 Å². The fraction of sp³-hybridized carbons (Fsp3) is 0.538. The first-order chi connectivity index (χ1) is 8.69. The summed E-state index contributed by atoms with van der Waals surface area (Å²) in [7, 11) is 0. The Morgan fingerprint density at radius 1 is 1.56 bits per heavy atom. The standard InChI is InChI=1S/C13H18ClFN2O/c14-13-7-11(15)2-1-10(13)6-12(17-16)5-9-3-4-18-8-9/h1-2,7,9,12,17H,3-6,8,16H2. The van der Waals surface area contributed by atoms with Gasteiger partial charge in [0, 0.05) is 24.3 Å². The van der Waals surface area contributed by atoms with Crippen LogP contribution < -0.4 is 11.3 Å². The zero-order valence-electron chi connectivity index (χ0n) is 10.2. The molecule has 1 aromatic rings. The normalized spacial score (nSPS) is 21.2. The molecule has 0 amide bonds. The van der Waals surface area contributed by atoms with Crippen LogP contribution in [0, 0.1) is 11.7 Å². The van der Waals surface area contributed by atoms with Gasteiger partial charge in [0.15, 0.2) is 0 Å². The van der Waals surface area contributed by atoms with Crippen molar-refractivity contribution in [3.05, 3.63) is 34.6 Å². The second-order valence-corrected chi connectivity index (χ2v) is 5.18. The van der Waals surface area contributed by atoms with E-state index in [0.717, 1.165) is 31.6 Å². The number of nitrogens with one attached hydrogen (secondary N) is 1. The monoisotopic (exact) mass is 272 g/mol. The lowest BCUT2D eigenvalue weighted by atomic mass is 9.95. The molecule has 1 fully saturated rings. The average molecular weight is 273 g/mol. The van der Waals surface area contributed by atoms with Crippen LogP contribution in [0.4, 0.5) is 4.39 Å². The van der Waals surface area contributed by atoms with Gasteiger partial charge in [-0.3, -0.25) is 11.3 Å². The molecular weight excluding hydrogens is 255 g/mol. The van der Waals surface area contributed by atoms with E-state index < -0.39 is 0 Å². The number of hydrogen-bond donors (Lipinski definition) is 2. The Balaban J connectivity index is 1.96. The van der Waals surface area contributed by atoms with E-state index in [1.807, 2.05) is 0 Å². The van der Waals surface area contributed by atoms with Crippen molar-refractivity contribution < 1.29 is 9.13 Å². The van der Waals surface area contributed by atoms with Crippen molar-refractivity contribution in [3.63, 3.8) is 0 Å². The summed E-state index contributed by atoms with van der Waals surface area (Å²) in [6.45, 7) is 1.63. The molecule has 3 N–H and O–H groups in total. The van der Waals surface area contributed by atoms with Crippen molar-refractivity contribution >= 4 is 11.6 Å². The SMILES string of the molecule is NNC(Cc1ccc(F)cc1Cl)CC1CCOC1. The fourth-order valence-corrected chi connectivity index (χ4v) is 2.58. The van der Waals surface area contributed by atoms with Crippen LogP contribution in [0.25, 0.3) is 0 Å². The first kappa shape index (κ1) is 13.7. The lowest BCUT2D eigenvalue weighted by Crippen LogP contribution is -2.38. The highest BCUT2D eigenvalue weighted by Crippen LogP contribution is 2.23. The van der Waals surface area contributed by atoms with Crippen molar-refractivity contribution in [1.82, 2.24) is 5.43 Å². The Bertz CT molecular complexity index is 397.